The molecule has 0 fully saturated rings. The average molecular weight is 356 g/mol. The van der Waals surface area contributed by atoms with Crippen molar-refractivity contribution in [3.63, 3.8) is 0 Å². The van der Waals surface area contributed by atoms with Crippen LogP contribution in [0.5, 0.6) is 0 Å². The van der Waals surface area contributed by atoms with E-state index in [4.69, 9.17) is 14.2 Å². The van der Waals surface area contributed by atoms with E-state index < -0.39 is 0 Å². The van der Waals surface area contributed by atoms with E-state index in [1.165, 1.54) is 0 Å². The van der Waals surface area contributed by atoms with Crippen molar-refractivity contribution in [3.8, 4) is 0 Å². The molecule has 1 aromatic heterocycles. The first-order chi connectivity index (χ1) is 12.1. The molecular formula is C17H32N4O4. The van der Waals surface area contributed by atoms with Crippen LogP contribution in [-0.2, 0) is 32.0 Å². The Morgan fingerprint density at radius 3 is 2.40 bits per heavy atom. The molecule has 0 aromatic carbocycles. The van der Waals surface area contributed by atoms with E-state index >= 15 is 0 Å². The molecule has 0 aliphatic carbocycles. The van der Waals surface area contributed by atoms with Gasteiger partial charge in [-0.3, -0.25) is 4.79 Å². The number of nitrogens with zero attached hydrogens (tertiary/aromatic N) is 3. The minimum atomic E-state index is 0.000627. The maximum absolute atomic E-state index is 11.5. The normalized spacial score (nSPS) is 11.2. The van der Waals surface area contributed by atoms with Gasteiger partial charge >= 0.3 is 0 Å². The van der Waals surface area contributed by atoms with Gasteiger partial charge in [0.2, 0.25) is 5.91 Å². The Labute approximate surface area is 150 Å². The SMILES string of the molecule is CCCOCCOCCOCCn1cc(CCNC(=O)C(C)C)nn1. The van der Waals surface area contributed by atoms with Crippen LogP contribution in [0.4, 0.5) is 0 Å². The topological polar surface area (TPSA) is 87.5 Å². The summed E-state index contributed by atoms with van der Waals surface area (Å²) in [6, 6.07) is 0. The number of hydrogen-bond donors (Lipinski definition) is 1. The third-order valence-corrected chi connectivity index (χ3v) is 3.35. The third kappa shape index (κ3) is 10.9. The lowest BCUT2D eigenvalue weighted by Gasteiger charge is -2.06. The zero-order valence-corrected chi connectivity index (χ0v) is 15.7. The number of amides is 1. The lowest BCUT2D eigenvalue weighted by Crippen LogP contribution is -2.29. The Bertz CT molecular complexity index is 465. The average Bonchev–Trinajstić information content (AvgIpc) is 3.04. The summed E-state index contributed by atoms with van der Waals surface area (Å²) in [5.41, 5.74) is 0.861. The molecule has 0 aliphatic rings. The zero-order valence-electron chi connectivity index (χ0n) is 15.7. The largest absolute Gasteiger partial charge is 0.379 e. The molecule has 1 aromatic rings. The maximum atomic E-state index is 11.5. The van der Waals surface area contributed by atoms with Crippen LogP contribution in [0, 0.1) is 5.92 Å². The molecule has 8 heteroatoms. The van der Waals surface area contributed by atoms with E-state index in [0.29, 0.717) is 52.5 Å². The quantitative estimate of drug-likeness (QED) is 0.473. The minimum Gasteiger partial charge on any atom is -0.379 e. The molecule has 1 amide bonds. The second-order valence-corrected chi connectivity index (χ2v) is 6.01. The fourth-order valence-electron chi connectivity index (χ4n) is 1.92. The van der Waals surface area contributed by atoms with Gasteiger partial charge in [0.15, 0.2) is 0 Å². The summed E-state index contributed by atoms with van der Waals surface area (Å²) >= 11 is 0. The molecule has 1 heterocycles. The highest BCUT2D eigenvalue weighted by Crippen LogP contribution is 1.96. The molecule has 0 aliphatic heterocycles. The summed E-state index contributed by atoms with van der Waals surface area (Å²) in [6.07, 6.45) is 3.58. The Morgan fingerprint density at radius 1 is 1.12 bits per heavy atom. The van der Waals surface area contributed by atoms with Crippen molar-refractivity contribution in [2.75, 3.05) is 46.2 Å². The fourth-order valence-corrected chi connectivity index (χ4v) is 1.92. The smallest absolute Gasteiger partial charge is 0.222 e. The van der Waals surface area contributed by atoms with Crippen LogP contribution in [0.3, 0.4) is 0 Å². The lowest BCUT2D eigenvalue weighted by atomic mass is 10.2. The van der Waals surface area contributed by atoms with Crippen molar-refractivity contribution in [3.05, 3.63) is 11.9 Å². The summed E-state index contributed by atoms with van der Waals surface area (Å²) in [5, 5.41) is 11.0. The summed E-state index contributed by atoms with van der Waals surface area (Å²) in [5.74, 6) is 0.0561. The number of nitrogens with one attached hydrogen (secondary N) is 1. The highest BCUT2D eigenvalue weighted by molar-refractivity contribution is 5.77. The number of carbonyl (C=O) groups is 1. The van der Waals surface area contributed by atoms with Gasteiger partial charge in [-0.1, -0.05) is 26.0 Å². The van der Waals surface area contributed by atoms with Crippen molar-refractivity contribution < 1.29 is 19.0 Å². The molecule has 1 N–H and O–H groups in total. The second kappa shape index (κ2) is 13.7. The second-order valence-electron chi connectivity index (χ2n) is 6.01. The van der Waals surface area contributed by atoms with E-state index in [-0.39, 0.29) is 11.8 Å². The van der Waals surface area contributed by atoms with Crippen LogP contribution in [0.2, 0.25) is 0 Å². The molecular weight excluding hydrogens is 324 g/mol. The number of ether oxygens (including phenoxy) is 3. The molecule has 0 unspecified atom stereocenters. The number of carbonyl (C=O) groups excluding carboxylic acids is 1. The Kier molecular flexibility index (Phi) is 11.8. The lowest BCUT2D eigenvalue weighted by molar-refractivity contribution is -0.123. The summed E-state index contributed by atoms with van der Waals surface area (Å²) in [7, 11) is 0. The molecule has 0 saturated carbocycles. The molecule has 25 heavy (non-hydrogen) atoms. The molecule has 1 rings (SSSR count). The van der Waals surface area contributed by atoms with E-state index in [2.05, 4.69) is 22.6 Å². The van der Waals surface area contributed by atoms with Crippen molar-refractivity contribution in [1.82, 2.24) is 20.3 Å². The van der Waals surface area contributed by atoms with Gasteiger partial charge in [-0.05, 0) is 6.42 Å². The Hall–Kier alpha value is -1.51. The summed E-state index contributed by atoms with van der Waals surface area (Å²) in [4.78, 5) is 11.5. The van der Waals surface area contributed by atoms with Crippen LogP contribution in [-0.4, -0.2) is 67.1 Å². The molecule has 144 valence electrons. The first-order valence-electron chi connectivity index (χ1n) is 9.03. The minimum absolute atomic E-state index is 0.000627. The van der Waals surface area contributed by atoms with Gasteiger partial charge in [0.25, 0.3) is 0 Å². The van der Waals surface area contributed by atoms with Crippen molar-refractivity contribution >= 4 is 5.91 Å². The molecule has 8 nitrogen and oxygen atoms in total. The van der Waals surface area contributed by atoms with Gasteiger partial charge in [-0.2, -0.15) is 0 Å². The standard InChI is InChI=1S/C17H32N4O4/c1-4-8-23-10-12-25-13-11-24-9-7-21-14-16(19-20-21)5-6-18-17(22)15(2)3/h14-15H,4-13H2,1-3H3,(H,18,22). The molecule has 0 bridgehead atoms. The van der Waals surface area contributed by atoms with Gasteiger partial charge < -0.3 is 19.5 Å². The van der Waals surface area contributed by atoms with Crippen LogP contribution in [0.15, 0.2) is 6.20 Å². The fraction of sp³-hybridized carbons (Fsp3) is 0.824. The molecule has 0 spiro atoms. The highest BCUT2D eigenvalue weighted by atomic mass is 16.5. The van der Waals surface area contributed by atoms with Gasteiger partial charge in [0.05, 0.1) is 45.3 Å². The highest BCUT2D eigenvalue weighted by Gasteiger charge is 2.06. The molecule has 0 saturated heterocycles. The van der Waals surface area contributed by atoms with E-state index in [9.17, 15) is 4.79 Å². The monoisotopic (exact) mass is 356 g/mol. The Balaban J connectivity index is 1.99. The van der Waals surface area contributed by atoms with E-state index in [1.54, 1.807) is 4.68 Å². The van der Waals surface area contributed by atoms with Crippen LogP contribution in [0.25, 0.3) is 0 Å². The van der Waals surface area contributed by atoms with Gasteiger partial charge in [0.1, 0.15) is 0 Å². The number of hydrogen-bond acceptors (Lipinski definition) is 6. The van der Waals surface area contributed by atoms with Gasteiger partial charge in [0, 0.05) is 31.7 Å². The van der Waals surface area contributed by atoms with E-state index in [1.807, 2.05) is 20.0 Å². The van der Waals surface area contributed by atoms with Crippen LogP contribution >= 0.6 is 0 Å². The first kappa shape index (κ1) is 21.5. The number of rotatable bonds is 15. The van der Waals surface area contributed by atoms with Crippen LogP contribution in [0.1, 0.15) is 32.9 Å². The van der Waals surface area contributed by atoms with E-state index in [0.717, 1.165) is 18.7 Å². The van der Waals surface area contributed by atoms with Crippen molar-refractivity contribution in [2.24, 2.45) is 5.92 Å². The summed E-state index contributed by atoms with van der Waals surface area (Å²) < 4.78 is 18.0. The summed E-state index contributed by atoms with van der Waals surface area (Å²) in [6.45, 7) is 10.7. The third-order valence-electron chi connectivity index (χ3n) is 3.35. The molecule has 0 atom stereocenters. The van der Waals surface area contributed by atoms with Gasteiger partial charge in [-0.15, -0.1) is 5.10 Å². The number of aromatic nitrogens is 3. The first-order valence-corrected chi connectivity index (χ1v) is 9.03. The van der Waals surface area contributed by atoms with Crippen LogP contribution < -0.4 is 5.32 Å². The maximum Gasteiger partial charge on any atom is 0.222 e. The van der Waals surface area contributed by atoms with Crippen molar-refractivity contribution in [2.45, 2.75) is 40.2 Å². The van der Waals surface area contributed by atoms with Crippen molar-refractivity contribution in [1.29, 1.82) is 0 Å². The predicted octanol–water partition coefficient (Wildman–Crippen LogP) is 1.05. The Morgan fingerprint density at radius 2 is 1.76 bits per heavy atom. The molecule has 0 radical (unpaired) electrons. The predicted molar refractivity (Wildman–Crippen MR) is 94.3 cm³/mol. The van der Waals surface area contributed by atoms with Gasteiger partial charge in [-0.25, -0.2) is 4.68 Å². The zero-order chi connectivity index (χ0) is 18.3.